The Morgan fingerprint density at radius 1 is 1.00 bits per heavy atom. The number of rotatable bonds is 1. The molecule has 0 atom stereocenters. The maximum atomic E-state index is 12.2. The van der Waals surface area contributed by atoms with E-state index in [0.29, 0.717) is 11.8 Å². The van der Waals surface area contributed by atoms with Gasteiger partial charge in [-0.1, -0.05) is 29.8 Å². The lowest BCUT2D eigenvalue weighted by molar-refractivity contribution is -0.142. The number of hydrogen-bond acceptors (Lipinski definition) is 3. The standard InChI is InChI=1S/C11H8F3N3/c1-7-2-4-8(5-3-7)10-15-6-9(16-17-10)11(12,13)14/h2-6H,1H3. The SMILES string of the molecule is Cc1ccc(-c2ncc(C(F)(F)F)nn2)cc1. The summed E-state index contributed by atoms with van der Waals surface area (Å²) in [6, 6.07) is 7.13. The number of nitrogens with zero attached hydrogens (tertiary/aromatic N) is 3. The summed E-state index contributed by atoms with van der Waals surface area (Å²) in [5, 5.41) is 6.58. The van der Waals surface area contributed by atoms with Crippen LogP contribution in [-0.2, 0) is 6.18 Å². The van der Waals surface area contributed by atoms with E-state index in [1.54, 1.807) is 12.1 Å². The lowest BCUT2D eigenvalue weighted by Crippen LogP contribution is -2.10. The molecule has 6 heteroatoms. The number of hydrogen-bond donors (Lipinski definition) is 0. The van der Waals surface area contributed by atoms with Crippen molar-refractivity contribution in [2.24, 2.45) is 0 Å². The Morgan fingerprint density at radius 2 is 1.65 bits per heavy atom. The fourth-order valence-corrected chi connectivity index (χ4v) is 1.24. The van der Waals surface area contributed by atoms with Crippen LogP contribution < -0.4 is 0 Å². The van der Waals surface area contributed by atoms with Crippen LogP contribution in [0.25, 0.3) is 11.4 Å². The van der Waals surface area contributed by atoms with E-state index in [1.807, 2.05) is 19.1 Å². The van der Waals surface area contributed by atoms with Crippen LogP contribution in [0.4, 0.5) is 13.2 Å². The van der Waals surface area contributed by atoms with Gasteiger partial charge in [-0.25, -0.2) is 4.98 Å². The summed E-state index contributed by atoms with van der Waals surface area (Å²) in [6.45, 7) is 1.91. The zero-order chi connectivity index (χ0) is 12.5. The van der Waals surface area contributed by atoms with Crippen molar-refractivity contribution in [2.45, 2.75) is 13.1 Å². The third-order valence-electron chi connectivity index (χ3n) is 2.16. The van der Waals surface area contributed by atoms with Crippen molar-refractivity contribution >= 4 is 0 Å². The second kappa shape index (κ2) is 4.12. The quantitative estimate of drug-likeness (QED) is 0.768. The van der Waals surface area contributed by atoms with Crippen LogP contribution in [0.5, 0.6) is 0 Å². The molecule has 0 spiro atoms. The number of aryl methyl sites for hydroxylation is 1. The second-order valence-electron chi connectivity index (χ2n) is 3.53. The number of benzene rings is 1. The van der Waals surface area contributed by atoms with Crippen LogP contribution in [0.2, 0.25) is 0 Å². The Hall–Kier alpha value is -1.98. The largest absolute Gasteiger partial charge is 0.436 e. The van der Waals surface area contributed by atoms with Gasteiger partial charge in [0.25, 0.3) is 0 Å². The predicted molar refractivity (Wildman–Crippen MR) is 55.0 cm³/mol. The van der Waals surface area contributed by atoms with Crippen LogP contribution in [0.15, 0.2) is 30.5 Å². The van der Waals surface area contributed by atoms with Gasteiger partial charge in [0.2, 0.25) is 0 Å². The van der Waals surface area contributed by atoms with E-state index < -0.39 is 11.9 Å². The van der Waals surface area contributed by atoms with Crippen molar-refractivity contribution in [2.75, 3.05) is 0 Å². The highest BCUT2D eigenvalue weighted by Gasteiger charge is 2.33. The average Bonchev–Trinajstić information content (AvgIpc) is 2.29. The molecule has 1 aromatic heterocycles. The number of alkyl halides is 3. The maximum Gasteiger partial charge on any atom is 0.436 e. The van der Waals surface area contributed by atoms with E-state index in [1.165, 1.54) is 0 Å². The van der Waals surface area contributed by atoms with Crippen LogP contribution in [0.1, 0.15) is 11.3 Å². The Kier molecular flexibility index (Phi) is 2.79. The van der Waals surface area contributed by atoms with Crippen molar-refractivity contribution < 1.29 is 13.2 Å². The molecule has 0 aliphatic carbocycles. The molecule has 88 valence electrons. The highest BCUT2D eigenvalue weighted by molar-refractivity contribution is 5.54. The van der Waals surface area contributed by atoms with Gasteiger partial charge in [-0.05, 0) is 6.92 Å². The Labute approximate surface area is 95.3 Å². The van der Waals surface area contributed by atoms with Crippen molar-refractivity contribution in [1.29, 1.82) is 0 Å². The third-order valence-corrected chi connectivity index (χ3v) is 2.16. The summed E-state index contributed by atoms with van der Waals surface area (Å²) in [5.74, 6) is 0.179. The minimum Gasteiger partial charge on any atom is -0.233 e. The maximum absolute atomic E-state index is 12.2. The van der Waals surface area contributed by atoms with E-state index in [2.05, 4.69) is 15.2 Å². The molecule has 2 rings (SSSR count). The Bertz CT molecular complexity index is 503. The summed E-state index contributed by atoms with van der Waals surface area (Å²) in [7, 11) is 0. The summed E-state index contributed by atoms with van der Waals surface area (Å²) < 4.78 is 36.7. The van der Waals surface area contributed by atoms with Gasteiger partial charge < -0.3 is 0 Å². The molecule has 1 aromatic carbocycles. The Balaban J connectivity index is 2.33. The molecule has 0 aliphatic heterocycles. The van der Waals surface area contributed by atoms with Gasteiger partial charge in [0.05, 0.1) is 6.20 Å². The first-order valence-corrected chi connectivity index (χ1v) is 4.81. The molecule has 0 N–H and O–H groups in total. The minimum atomic E-state index is -4.51. The first kappa shape index (κ1) is 11.5. The highest BCUT2D eigenvalue weighted by atomic mass is 19.4. The Morgan fingerprint density at radius 3 is 2.12 bits per heavy atom. The van der Waals surface area contributed by atoms with E-state index in [9.17, 15) is 13.2 Å². The van der Waals surface area contributed by atoms with Crippen molar-refractivity contribution in [3.63, 3.8) is 0 Å². The van der Waals surface area contributed by atoms with E-state index >= 15 is 0 Å². The van der Waals surface area contributed by atoms with Gasteiger partial charge in [0.15, 0.2) is 11.5 Å². The van der Waals surface area contributed by atoms with Crippen LogP contribution in [0.3, 0.4) is 0 Å². The monoisotopic (exact) mass is 239 g/mol. The zero-order valence-corrected chi connectivity index (χ0v) is 8.86. The number of halogens is 3. The summed E-state index contributed by atoms with van der Waals surface area (Å²) >= 11 is 0. The van der Waals surface area contributed by atoms with E-state index in [-0.39, 0.29) is 5.82 Å². The van der Waals surface area contributed by atoms with Gasteiger partial charge >= 0.3 is 6.18 Å². The summed E-state index contributed by atoms with van der Waals surface area (Å²) in [6.07, 6.45) is -3.83. The average molecular weight is 239 g/mol. The molecule has 0 aliphatic rings. The molecule has 0 unspecified atom stereocenters. The first-order valence-electron chi connectivity index (χ1n) is 4.81. The van der Waals surface area contributed by atoms with Crippen molar-refractivity contribution in [3.8, 4) is 11.4 Å². The molecule has 2 aromatic rings. The van der Waals surface area contributed by atoms with Gasteiger partial charge in [0, 0.05) is 5.56 Å². The predicted octanol–water partition coefficient (Wildman–Crippen LogP) is 2.87. The topological polar surface area (TPSA) is 38.7 Å². The molecule has 3 nitrogen and oxygen atoms in total. The molecular formula is C11H8F3N3. The minimum absolute atomic E-state index is 0.179. The molecule has 17 heavy (non-hydrogen) atoms. The van der Waals surface area contributed by atoms with E-state index in [0.717, 1.165) is 5.56 Å². The summed E-state index contributed by atoms with van der Waals surface area (Å²) in [5.41, 5.74) is 0.596. The fraction of sp³-hybridized carbons (Fsp3) is 0.182. The smallest absolute Gasteiger partial charge is 0.233 e. The third kappa shape index (κ3) is 2.58. The van der Waals surface area contributed by atoms with Gasteiger partial charge in [0.1, 0.15) is 0 Å². The highest BCUT2D eigenvalue weighted by Crippen LogP contribution is 2.26. The number of aromatic nitrogens is 3. The first-order chi connectivity index (χ1) is 7.97. The second-order valence-corrected chi connectivity index (χ2v) is 3.53. The van der Waals surface area contributed by atoms with Crippen molar-refractivity contribution in [1.82, 2.24) is 15.2 Å². The lowest BCUT2D eigenvalue weighted by atomic mass is 10.1. The molecule has 0 saturated carbocycles. The van der Waals surface area contributed by atoms with Crippen LogP contribution in [0, 0.1) is 6.92 Å². The normalized spacial score (nSPS) is 11.5. The lowest BCUT2D eigenvalue weighted by Gasteiger charge is -2.04. The van der Waals surface area contributed by atoms with E-state index in [4.69, 9.17) is 0 Å². The van der Waals surface area contributed by atoms with Crippen LogP contribution >= 0.6 is 0 Å². The summed E-state index contributed by atoms with van der Waals surface area (Å²) in [4.78, 5) is 3.65. The molecule has 0 bridgehead atoms. The van der Waals surface area contributed by atoms with Gasteiger partial charge in [-0.15, -0.1) is 10.2 Å². The molecular weight excluding hydrogens is 231 g/mol. The van der Waals surface area contributed by atoms with Gasteiger partial charge in [-0.2, -0.15) is 13.2 Å². The molecule has 0 fully saturated rings. The fourth-order valence-electron chi connectivity index (χ4n) is 1.24. The molecule has 0 amide bonds. The van der Waals surface area contributed by atoms with Crippen molar-refractivity contribution in [3.05, 3.63) is 41.7 Å². The molecule has 0 saturated heterocycles. The zero-order valence-electron chi connectivity index (χ0n) is 8.86. The van der Waals surface area contributed by atoms with Gasteiger partial charge in [-0.3, -0.25) is 0 Å². The molecule has 1 heterocycles. The molecule has 0 radical (unpaired) electrons. The van der Waals surface area contributed by atoms with Crippen LogP contribution in [-0.4, -0.2) is 15.2 Å².